The molecule has 1 unspecified atom stereocenters. The Morgan fingerprint density at radius 1 is 1.38 bits per heavy atom. The van der Waals surface area contributed by atoms with Gasteiger partial charge in [-0.05, 0) is 0 Å². The van der Waals surface area contributed by atoms with Gasteiger partial charge in [-0.3, -0.25) is 9.09 Å². The number of rotatable bonds is 4. The zero-order valence-electron chi connectivity index (χ0n) is 5.74. The third-order valence-corrected chi connectivity index (χ3v) is 2.01. The molecule has 0 amide bonds. The largest absolute Gasteiger partial charge is 0.523 e. The van der Waals surface area contributed by atoms with E-state index in [1.54, 1.807) is 0 Å². The first-order chi connectivity index (χ1) is 5.67. The van der Waals surface area contributed by atoms with Crippen molar-refractivity contribution in [1.29, 1.82) is 0 Å². The van der Waals surface area contributed by atoms with Gasteiger partial charge in [-0.1, -0.05) is 0 Å². The fourth-order valence-corrected chi connectivity index (χ4v) is 0.758. The molecule has 0 rings (SSSR count). The maximum Gasteiger partial charge on any atom is 0.523 e. The van der Waals surface area contributed by atoms with Crippen molar-refractivity contribution < 1.29 is 39.8 Å². The van der Waals surface area contributed by atoms with Gasteiger partial charge < -0.3 is 4.89 Å². The SMILES string of the molecule is O=[PH](O)OCOS(=O)(=O)C(F)(F)F. The molecule has 0 heterocycles. The van der Waals surface area contributed by atoms with Crippen LogP contribution in [0.5, 0.6) is 0 Å². The Labute approximate surface area is 71.3 Å². The zero-order chi connectivity index (χ0) is 10.7. The average molecular weight is 244 g/mol. The molecule has 0 aliphatic rings. The van der Waals surface area contributed by atoms with E-state index in [0.717, 1.165) is 0 Å². The van der Waals surface area contributed by atoms with E-state index >= 15 is 0 Å². The molecule has 0 aromatic carbocycles. The van der Waals surface area contributed by atoms with E-state index in [2.05, 4.69) is 8.71 Å². The van der Waals surface area contributed by atoms with Crippen LogP contribution in [-0.2, 0) is 23.4 Å². The molecular formula is C2H4F3O6PS. The van der Waals surface area contributed by atoms with Crippen molar-refractivity contribution in [3.63, 3.8) is 0 Å². The summed E-state index contributed by atoms with van der Waals surface area (Å²) in [5.41, 5.74) is -5.57. The van der Waals surface area contributed by atoms with E-state index in [4.69, 9.17) is 4.89 Å². The molecule has 6 nitrogen and oxygen atoms in total. The van der Waals surface area contributed by atoms with Crippen LogP contribution < -0.4 is 0 Å². The summed E-state index contributed by atoms with van der Waals surface area (Å²) in [5.74, 6) is 0. The Hall–Kier alpha value is -0.150. The third kappa shape index (κ3) is 4.58. The lowest BCUT2D eigenvalue weighted by molar-refractivity contribution is -0.0589. The third-order valence-electron chi connectivity index (χ3n) is 0.669. The molecular weight excluding hydrogens is 240 g/mol. The first-order valence-corrected chi connectivity index (χ1v) is 5.15. The molecule has 0 bridgehead atoms. The lowest BCUT2D eigenvalue weighted by atomic mass is 11.5. The number of hydrogen-bond acceptors (Lipinski definition) is 5. The predicted molar refractivity (Wildman–Crippen MR) is 33.2 cm³/mol. The summed E-state index contributed by atoms with van der Waals surface area (Å²) in [7, 11) is -9.26. The monoisotopic (exact) mass is 244 g/mol. The van der Waals surface area contributed by atoms with Crippen LogP contribution in [0.2, 0.25) is 0 Å². The van der Waals surface area contributed by atoms with Gasteiger partial charge >= 0.3 is 23.9 Å². The van der Waals surface area contributed by atoms with Crippen LogP contribution in [-0.4, -0.2) is 25.6 Å². The molecule has 80 valence electrons. The van der Waals surface area contributed by atoms with Crippen LogP contribution in [0.1, 0.15) is 0 Å². The molecule has 0 aromatic heterocycles. The van der Waals surface area contributed by atoms with E-state index < -0.39 is 30.7 Å². The van der Waals surface area contributed by atoms with Crippen LogP contribution in [0.3, 0.4) is 0 Å². The molecule has 0 aromatic rings. The van der Waals surface area contributed by atoms with Crippen LogP contribution in [0.15, 0.2) is 0 Å². The van der Waals surface area contributed by atoms with Gasteiger partial charge in [0.2, 0.25) is 0 Å². The number of halogens is 3. The minimum atomic E-state index is -5.75. The van der Waals surface area contributed by atoms with Gasteiger partial charge in [-0.25, -0.2) is 4.18 Å². The highest BCUT2D eigenvalue weighted by atomic mass is 32.2. The minimum Gasteiger partial charge on any atom is -0.326 e. The van der Waals surface area contributed by atoms with Crippen molar-refractivity contribution in [1.82, 2.24) is 0 Å². The average Bonchev–Trinajstić information content (AvgIpc) is 1.82. The van der Waals surface area contributed by atoms with Gasteiger partial charge in [0.25, 0.3) is 0 Å². The van der Waals surface area contributed by atoms with Crippen molar-refractivity contribution in [3.05, 3.63) is 0 Å². The molecule has 0 aliphatic heterocycles. The van der Waals surface area contributed by atoms with Crippen LogP contribution in [0.4, 0.5) is 13.2 Å². The van der Waals surface area contributed by atoms with Gasteiger partial charge in [0.1, 0.15) is 0 Å². The summed E-state index contributed by atoms with van der Waals surface area (Å²) < 4.78 is 70.9. The van der Waals surface area contributed by atoms with Crippen LogP contribution in [0, 0.1) is 0 Å². The Morgan fingerprint density at radius 3 is 2.15 bits per heavy atom. The molecule has 0 saturated heterocycles. The highest BCUT2D eigenvalue weighted by Crippen LogP contribution is 2.25. The Morgan fingerprint density at radius 2 is 1.85 bits per heavy atom. The number of alkyl halides is 3. The summed E-state index contributed by atoms with van der Waals surface area (Å²) in [6, 6.07) is 0. The first-order valence-electron chi connectivity index (χ1n) is 2.48. The van der Waals surface area contributed by atoms with Gasteiger partial charge in [-0.2, -0.15) is 21.6 Å². The Kier molecular flexibility index (Phi) is 4.33. The zero-order valence-corrected chi connectivity index (χ0v) is 7.55. The fraction of sp³-hybridized carbons (Fsp3) is 1.00. The highest BCUT2D eigenvalue weighted by molar-refractivity contribution is 7.87. The van der Waals surface area contributed by atoms with E-state index in [1.165, 1.54) is 0 Å². The first kappa shape index (κ1) is 12.8. The van der Waals surface area contributed by atoms with Gasteiger partial charge in [0.15, 0.2) is 6.79 Å². The quantitative estimate of drug-likeness (QED) is 0.329. The Bertz CT molecular complexity index is 281. The normalized spacial score (nSPS) is 15.7. The summed E-state index contributed by atoms with van der Waals surface area (Å²) in [6.45, 7) is -1.45. The maximum absolute atomic E-state index is 11.5. The molecule has 0 aliphatic carbocycles. The summed E-state index contributed by atoms with van der Waals surface area (Å²) in [6.07, 6.45) is 0. The molecule has 0 radical (unpaired) electrons. The molecule has 0 saturated carbocycles. The standard InChI is InChI=1S/C2H4F3O6PS/c3-2(4,5)13(8,9)11-1-10-12(6)7/h12H,1H2,(H,6,7). The summed E-state index contributed by atoms with van der Waals surface area (Å²) in [5, 5.41) is 0. The second-order valence-electron chi connectivity index (χ2n) is 1.55. The van der Waals surface area contributed by atoms with Crippen LogP contribution in [0.25, 0.3) is 0 Å². The Balaban J connectivity index is 4.15. The predicted octanol–water partition coefficient (Wildman–Crippen LogP) is 0.209. The summed E-state index contributed by atoms with van der Waals surface area (Å²) >= 11 is 0. The van der Waals surface area contributed by atoms with Crippen molar-refractivity contribution in [3.8, 4) is 0 Å². The molecule has 0 spiro atoms. The minimum absolute atomic E-state index is 1.45. The van der Waals surface area contributed by atoms with Crippen molar-refractivity contribution >= 4 is 18.4 Å². The van der Waals surface area contributed by atoms with E-state index in [1.807, 2.05) is 0 Å². The molecule has 13 heavy (non-hydrogen) atoms. The number of hydrogen-bond donors (Lipinski definition) is 1. The van der Waals surface area contributed by atoms with Gasteiger partial charge in [-0.15, -0.1) is 0 Å². The second-order valence-corrected chi connectivity index (χ2v) is 3.97. The van der Waals surface area contributed by atoms with Gasteiger partial charge in [0.05, 0.1) is 0 Å². The van der Waals surface area contributed by atoms with E-state index in [0.29, 0.717) is 0 Å². The second kappa shape index (κ2) is 4.38. The smallest absolute Gasteiger partial charge is 0.326 e. The van der Waals surface area contributed by atoms with Gasteiger partial charge in [0, 0.05) is 0 Å². The van der Waals surface area contributed by atoms with Crippen LogP contribution >= 0.6 is 8.25 Å². The molecule has 0 fully saturated rings. The lowest BCUT2D eigenvalue weighted by Crippen LogP contribution is -2.26. The van der Waals surface area contributed by atoms with Crippen molar-refractivity contribution in [2.45, 2.75) is 5.51 Å². The topological polar surface area (TPSA) is 89.9 Å². The van der Waals surface area contributed by atoms with Crippen molar-refractivity contribution in [2.24, 2.45) is 0 Å². The summed E-state index contributed by atoms with van der Waals surface area (Å²) in [4.78, 5) is 7.92. The molecule has 1 N–H and O–H groups in total. The van der Waals surface area contributed by atoms with E-state index in [-0.39, 0.29) is 0 Å². The fourth-order valence-electron chi connectivity index (χ4n) is 0.205. The van der Waals surface area contributed by atoms with E-state index in [9.17, 15) is 26.2 Å². The molecule has 11 heteroatoms. The molecule has 1 atom stereocenters. The highest BCUT2D eigenvalue weighted by Gasteiger charge is 2.47. The van der Waals surface area contributed by atoms with Crippen molar-refractivity contribution in [2.75, 3.05) is 6.79 Å². The lowest BCUT2D eigenvalue weighted by Gasteiger charge is -2.06. The maximum atomic E-state index is 11.5.